The van der Waals surface area contributed by atoms with Gasteiger partial charge in [-0.15, -0.1) is 0 Å². The van der Waals surface area contributed by atoms with Crippen LogP contribution in [0.1, 0.15) is 37.3 Å². The van der Waals surface area contributed by atoms with Gasteiger partial charge in [0.2, 0.25) is 5.88 Å². The van der Waals surface area contributed by atoms with E-state index in [9.17, 15) is 0 Å². The lowest BCUT2D eigenvalue weighted by Crippen LogP contribution is -1.91. The Morgan fingerprint density at radius 1 is 1.15 bits per heavy atom. The Labute approximate surface area is 123 Å². The maximum absolute atomic E-state index is 6.31. The van der Waals surface area contributed by atoms with E-state index in [1.54, 1.807) is 0 Å². The first-order valence-electron chi connectivity index (χ1n) is 7.27. The summed E-state index contributed by atoms with van der Waals surface area (Å²) in [4.78, 5) is 0. The summed E-state index contributed by atoms with van der Waals surface area (Å²) in [5.41, 5.74) is 8.88. The molecule has 0 spiro atoms. The van der Waals surface area contributed by atoms with E-state index in [0.717, 1.165) is 28.7 Å². The van der Waals surface area contributed by atoms with Crippen LogP contribution < -0.4 is 5.73 Å². The van der Waals surface area contributed by atoms with Crippen LogP contribution in [0, 0.1) is 11.8 Å². The van der Waals surface area contributed by atoms with Gasteiger partial charge in [0.1, 0.15) is 0 Å². The maximum atomic E-state index is 6.31. The zero-order valence-corrected chi connectivity index (χ0v) is 11.9. The molecule has 2 atom stereocenters. The van der Waals surface area contributed by atoms with Gasteiger partial charge in [-0.2, -0.15) is 0 Å². The molecule has 3 nitrogen and oxygen atoms in total. The van der Waals surface area contributed by atoms with Crippen LogP contribution in [-0.2, 0) is 0 Å². The fraction of sp³-hybridized carbons (Fsp3) is 0.438. The highest BCUT2D eigenvalue weighted by atomic mass is 35.5. The molecule has 2 aromatic rings. The molecular formula is C16H17ClN2O. The number of nitrogens with zero attached hydrogens (tertiary/aromatic N) is 1. The highest BCUT2D eigenvalue weighted by Gasteiger charge is 2.54. The molecule has 2 aliphatic carbocycles. The van der Waals surface area contributed by atoms with Crippen molar-refractivity contribution in [3.05, 3.63) is 35.0 Å². The predicted molar refractivity (Wildman–Crippen MR) is 79.6 cm³/mol. The molecule has 4 heteroatoms. The van der Waals surface area contributed by atoms with E-state index in [4.69, 9.17) is 21.9 Å². The van der Waals surface area contributed by atoms with Crippen LogP contribution in [0.3, 0.4) is 0 Å². The first-order valence-corrected chi connectivity index (χ1v) is 7.65. The van der Waals surface area contributed by atoms with Crippen molar-refractivity contribution >= 4 is 17.5 Å². The van der Waals surface area contributed by atoms with Crippen LogP contribution in [0.2, 0.25) is 5.02 Å². The van der Waals surface area contributed by atoms with E-state index in [0.29, 0.717) is 16.8 Å². The van der Waals surface area contributed by atoms with Crippen molar-refractivity contribution in [2.24, 2.45) is 11.8 Å². The minimum absolute atomic E-state index is 0.386. The van der Waals surface area contributed by atoms with Crippen LogP contribution in [0.15, 0.2) is 28.8 Å². The lowest BCUT2D eigenvalue weighted by Gasteiger charge is -2.04. The van der Waals surface area contributed by atoms with Crippen molar-refractivity contribution < 1.29 is 4.52 Å². The van der Waals surface area contributed by atoms with E-state index in [1.807, 2.05) is 24.3 Å². The van der Waals surface area contributed by atoms with Gasteiger partial charge in [-0.1, -0.05) is 47.8 Å². The number of fused-ring (bicyclic) bond motifs is 1. The molecule has 2 N–H and O–H groups in total. The summed E-state index contributed by atoms with van der Waals surface area (Å²) in [6.07, 6.45) is 5.30. The molecule has 0 bridgehead atoms. The van der Waals surface area contributed by atoms with Crippen LogP contribution in [0.25, 0.3) is 11.1 Å². The van der Waals surface area contributed by atoms with Gasteiger partial charge >= 0.3 is 0 Å². The van der Waals surface area contributed by atoms with Gasteiger partial charge < -0.3 is 10.3 Å². The minimum atomic E-state index is 0.386. The molecule has 104 valence electrons. The first kappa shape index (κ1) is 12.3. The SMILES string of the molecule is Nc1onc(C2C3CCCCC32)c1-c1ccccc1Cl. The number of nitrogens with two attached hydrogens (primary N) is 1. The Morgan fingerprint density at radius 2 is 1.85 bits per heavy atom. The van der Waals surface area contributed by atoms with E-state index >= 15 is 0 Å². The standard InChI is InChI=1S/C16H17ClN2O/c17-12-8-4-3-7-11(12)14-15(19-20-16(14)18)13-9-5-1-2-6-10(9)13/h3-4,7-10,13H,1-2,5-6,18H2. The van der Waals surface area contributed by atoms with Gasteiger partial charge in [0.25, 0.3) is 0 Å². The Kier molecular flexibility index (Phi) is 2.77. The Hall–Kier alpha value is -1.48. The van der Waals surface area contributed by atoms with Gasteiger partial charge in [0.05, 0.1) is 11.3 Å². The third-order valence-corrected chi connectivity index (χ3v) is 5.19. The number of hydrogen-bond donors (Lipinski definition) is 1. The highest BCUT2D eigenvalue weighted by molar-refractivity contribution is 6.33. The highest BCUT2D eigenvalue weighted by Crippen LogP contribution is 2.62. The van der Waals surface area contributed by atoms with Crippen LogP contribution in [-0.4, -0.2) is 5.16 Å². The molecule has 2 unspecified atom stereocenters. The van der Waals surface area contributed by atoms with E-state index in [1.165, 1.54) is 25.7 Å². The fourth-order valence-electron chi connectivity index (χ4n) is 3.88. The van der Waals surface area contributed by atoms with Crippen molar-refractivity contribution in [1.29, 1.82) is 0 Å². The van der Waals surface area contributed by atoms with E-state index in [-0.39, 0.29) is 0 Å². The molecule has 2 aliphatic rings. The number of rotatable bonds is 2. The number of hydrogen-bond acceptors (Lipinski definition) is 3. The summed E-state index contributed by atoms with van der Waals surface area (Å²) in [6.45, 7) is 0. The van der Waals surface area contributed by atoms with Crippen molar-refractivity contribution in [2.75, 3.05) is 5.73 Å². The second-order valence-electron chi connectivity index (χ2n) is 5.92. The fourth-order valence-corrected chi connectivity index (χ4v) is 4.11. The molecule has 0 amide bonds. The number of benzene rings is 1. The van der Waals surface area contributed by atoms with Crippen LogP contribution >= 0.6 is 11.6 Å². The molecule has 0 radical (unpaired) electrons. The summed E-state index contributed by atoms with van der Waals surface area (Å²) < 4.78 is 5.28. The zero-order valence-electron chi connectivity index (χ0n) is 11.2. The predicted octanol–water partition coefficient (Wildman–Crippen LogP) is 4.48. The van der Waals surface area contributed by atoms with E-state index < -0.39 is 0 Å². The number of anilines is 1. The topological polar surface area (TPSA) is 52.0 Å². The first-order chi connectivity index (χ1) is 9.77. The molecule has 4 rings (SSSR count). The van der Waals surface area contributed by atoms with Gasteiger partial charge in [-0.3, -0.25) is 0 Å². The van der Waals surface area contributed by atoms with Crippen molar-refractivity contribution in [1.82, 2.24) is 5.16 Å². The summed E-state index contributed by atoms with van der Waals surface area (Å²) in [5.74, 6) is 2.45. The molecule has 0 aliphatic heterocycles. The third-order valence-electron chi connectivity index (χ3n) is 4.86. The van der Waals surface area contributed by atoms with Gasteiger partial charge in [-0.25, -0.2) is 0 Å². The zero-order chi connectivity index (χ0) is 13.7. The molecule has 0 saturated heterocycles. The van der Waals surface area contributed by atoms with Gasteiger partial charge in [0.15, 0.2) is 0 Å². The molecule has 2 saturated carbocycles. The molecular weight excluding hydrogens is 272 g/mol. The van der Waals surface area contributed by atoms with Crippen molar-refractivity contribution in [3.8, 4) is 11.1 Å². The van der Waals surface area contributed by atoms with Crippen LogP contribution in [0.5, 0.6) is 0 Å². The second kappa shape index (κ2) is 4.52. The molecule has 2 fully saturated rings. The summed E-state index contributed by atoms with van der Waals surface area (Å²) in [5, 5.41) is 4.96. The monoisotopic (exact) mass is 288 g/mol. The Balaban J connectivity index is 1.78. The Morgan fingerprint density at radius 3 is 2.55 bits per heavy atom. The minimum Gasteiger partial charge on any atom is -0.367 e. The maximum Gasteiger partial charge on any atom is 0.230 e. The third kappa shape index (κ3) is 1.76. The van der Waals surface area contributed by atoms with E-state index in [2.05, 4.69) is 5.16 Å². The lowest BCUT2D eigenvalue weighted by molar-refractivity contribution is 0.426. The summed E-state index contributed by atoms with van der Waals surface area (Å²) >= 11 is 6.31. The quantitative estimate of drug-likeness (QED) is 0.886. The summed E-state index contributed by atoms with van der Waals surface area (Å²) in [7, 11) is 0. The number of halogens is 1. The average molecular weight is 289 g/mol. The largest absolute Gasteiger partial charge is 0.367 e. The number of aromatic nitrogens is 1. The molecule has 1 aromatic heterocycles. The summed E-state index contributed by atoms with van der Waals surface area (Å²) in [6, 6.07) is 7.76. The average Bonchev–Trinajstić information content (AvgIpc) is 3.08. The molecule has 1 heterocycles. The lowest BCUT2D eigenvalue weighted by atomic mass is 10.0. The van der Waals surface area contributed by atoms with Gasteiger partial charge in [0, 0.05) is 16.5 Å². The van der Waals surface area contributed by atoms with Crippen molar-refractivity contribution in [2.45, 2.75) is 31.6 Å². The Bertz CT molecular complexity index is 640. The molecule has 1 aromatic carbocycles. The van der Waals surface area contributed by atoms with Crippen LogP contribution in [0.4, 0.5) is 5.88 Å². The number of nitrogen functional groups attached to an aromatic ring is 1. The smallest absolute Gasteiger partial charge is 0.230 e. The van der Waals surface area contributed by atoms with Gasteiger partial charge in [-0.05, 0) is 30.7 Å². The van der Waals surface area contributed by atoms with Crippen molar-refractivity contribution in [3.63, 3.8) is 0 Å². The molecule has 20 heavy (non-hydrogen) atoms. The second-order valence-corrected chi connectivity index (χ2v) is 6.33. The normalized spacial score (nSPS) is 28.1.